The molecule has 0 radical (unpaired) electrons. The van der Waals surface area contributed by atoms with Gasteiger partial charge in [-0.2, -0.15) is 10.2 Å². The fourth-order valence-electron chi connectivity index (χ4n) is 2.71. The molecule has 0 spiro atoms. The van der Waals surface area contributed by atoms with Crippen LogP contribution >= 0.6 is 11.8 Å². The first-order chi connectivity index (χ1) is 15.4. The predicted molar refractivity (Wildman–Crippen MR) is 121 cm³/mol. The highest BCUT2D eigenvalue weighted by molar-refractivity contribution is 6.39. The summed E-state index contributed by atoms with van der Waals surface area (Å²) in [5.41, 5.74) is 0.547. The largest absolute Gasteiger partial charge is 0.497 e. The Hall–Kier alpha value is -3.33. The molecule has 172 valence electrons. The quantitative estimate of drug-likeness (QED) is 0.271. The number of rotatable bonds is 11. The summed E-state index contributed by atoms with van der Waals surface area (Å²) >= 11 is 6.32. The van der Waals surface area contributed by atoms with Crippen LogP contribution in [0.25, 0.3) is 0 Å². The van der Waals surface area contributed by atoms with E-state index in [4.69, 9.17) is 30.7 Å². The number of hydrogen-bond donors (Lipinski definition) is 0. The number of anilines is 1. The van der Waals surface area contributed by atoms with Crippen molar-refractivity contribution in [1.82, 2.24) is 0 Å². The van der Waals surface area contributed by atoms with E-state index in [-0.39, 0.29) is 5.69 Å². The Morgan fingerprint density at radius 1 is 0.969 bits per heavy atom. The maximum absolute atomic E-state index is 13.0. The lowest BCUT2D eigenvalue weighted by molar-refractivity contribution is -0.126. The molecular weight excluding hydrogens is 438 g/mol. The molecule has 1 unspecified atom stereocenters. The number of amides is 1. The van der Waals surface area contributed by atoms with Crippen molar-refractivity contribution in [1.29, 1.82) is 0 Å². The number of hydrogen-bond acceptors (Lipinski definition) is 8. The number of nitrogens with zero attached hydrogens (tertiary/aromatic N) is 3. The number of carbonyl (C=O) groups is 2. The van der Waals surface area contributed by atoms with E-state index < -0.39 is 17.7 Å². The molecule has 9 nitrogen and oxygen atoms in total. The van der Waals surface area contributed by atoms with Crippen LogP contribution in [0.3, 0.4) is 0 Å². The van der Waals surface area contributed by atoms with E-state index >= 15 is 0 Å². The van der Waals surface area contributed by atoms with Crippen molar-refractivity contribution in [3.05, 3.63) is 36.4 Å². The summed E-state index contributed by atoms with van der Waals surface area (Å²) in [6.07, 6.45) is 0. The first-order valence-electron chi connectivity index (χ1n) is 9.88. The third-order valence-electron chi connectivity index (χ3n) is 4.23. The van der Waals surface area contributed by atoms with Crippen LogP contribution in [-0.4, -0.2) is 45.2 Å². The van der Waals surface area contributed by atoms with Crippen LogP contribution in [0.4, 0.5) is 11.4 Å². The SMILES string of the molecule is CCOc1ccc(N(Cl)C(=O)C(N=Nc2cc(OC)ccc2OC)C(C)=O)c(OCC)c1. The van der Waals surface area contributed by atoms with E-state index in [0.29, 0.717) is 41.9 Å². The van der Waals surface area contributed by atoms with Crippen LogP contribution < -0.4 is 23.4 Å². The molecule has 1 amide bonds. The monoisotopic (exact) mass is 463 g/mol. The topological polar surface area (TPSA) is 99.0 Å². The molecule has 0 saturated carbocycles. The van der Waals surface area contributed by atoms with Gasteiger partial charge in [0.1, 0.15) is 34.4 Å². The number of methoxy groups -OCH3 is 2. The van der Waals surface area contributed by atoms with Crippen LogP contribution in [0, 0.1) is 0 Å². The Bertz CT molecular complexity index is 982. The van der Waals surface area contributed by atoms with E-state index in [2.05, 4.69) is 10.2 Å². The van der Waals surface area contributed by atoms with E-state index in [9.17, 15) is 9.59 Å². The van der Waals surface area contributed by atoms with Gasteiger partial charge in [0.05, 0.1) is 27.4 Å². The number of Topliss-reactive ketones (excluding diaryl/α,β-unsaturated/α-hetero) is 1. The Labute approximate surface area is 192 Å². The van der Waals surface area contributed by atoms with Crippen molar-refractivity contribution in [2.75, 3.05) is 31.9 Å². The summed E-state index contributed by atoms with van der Waals surface area (Å²) in [6, 6.07) is 8.27. The summed E-state index contributed by atoms with van der Waals surface area (Å²) in [6.45, 7) is 5.69. The molecule has 0 aliphatic carbocycles. The number of ether oxygens (including phenoxy) is 4. The van der Waals surface area contributed by atoms with Crippen LogP contribution in [0.1, 0.15) is 20.8 Å². The molecule has 0 bridgehead atoms. The molecule has 0 N–H and O–H groups in total. The summed E-state index contributed by atoms with van der Waals surface area (Å²) in [5.74, 6) is 0.489. The average molecular weight is 464 g/mol. The molecule has 2 aromatic carbocycles. The predicted octanol–water partition coefficient (Wildman–Crippen LogP) is 4.73. The van der Waals surface area contributed by atoms with Crippen LogP contribution in [-0.2, 0) is 9.59 Å². The van der Waals surface area contributed by atoms with Gasteiger partial charge >= 0.3 is 0 Å². The molecule has 0 aliphatic rings. The number of benzene rings is 2. The van der Waals surface area contributed by atoms with Crippen molar-refractivity contribution in [2.24, 2.45) is 10.2 Å². The van der Waals surface area contributed by atoms with Gasteiger partial charge in [0.2, 0.25) is 6.04 Å². The van der Waals surface area contributed by atoms with E-state index in [0.717, 1.165) is 4.42 Å². The lowest BCUT2D eigenvalue weighted by Crippen LogP contribution is -2.36. The van der Waals surface area contributed by atoms with E-state index in [1.54, 1.807) is 43.3 Å². The van der Waals surface area contributed by atoms with Crippen molar-refractivity contribution < 1.29 is 28.5 Å². The van der Waals surface area contributed by atoms with Gasteiger partial charge in [0.25, 0.3) is 5.91 Å². The van der Waals surface area contributed by atoms with Crippen molar-refractivity contribution in [3.8, 4) is 23.0 Å². The van der Waals surface area contributed by atoms with Crippen molar-refractivity contribution in [2.45, 2.75) is 26.8 Å². The summed E-state index contributed by atoms with van der Waals surface area (Å²) in [5, 5.41) is 7.99. The van der Waals surface area contributed by atoms with Crippen molar-refractivity contribution in [3.63, 3.8) is 0 Å². The molecule has 0 heterocycles. The highest BCUT2D eigenvalue weighted by atomic mass is 35.5. The first kappa shape index (κ1) is 24.9. The highest BCUT2D eigenvalue weighted by Gasteiger charge is 2.30. The minimum Gasteiger partial charge on any atom is -0.497 e. The Balaban J connectivity index is 2.36. The Morgan fingerprint density at radius 2 is 1.66 bits per heavy atom. The lowest BCUT2D eigenvalue weighted by Gasteiger charge is -2.20. The molecule has 2 rings (SSSR count). The molecule has 0 fully saturated rings. The number of ketones is 1. The first-order valence-corrected chi connectivity index (χ1v) is 10.2. The summed E-state index contributed by atoms with van der Waals surface area (Å²) < 4.78 is 22.3. The third kappa shape index (κ3) is 6.10. The second-order valence-corrected chi connectivity index (χ2v) is 6.72. The number of carbonyl (C=O) groups excluding carboxylic acids is 2. The molecule has 2 aromatic rings. The van der Waals surface area contributed by atoms with E-state index in [1.807, 2.05) is 6.92 Å². The van der Waals surface area contributed by atoms with Gasteiger partial charge in [-0.05, 0) is 45.0 Å². The molecule has 0 aromatic heterocycles. The zero-order valence-corrected chi connectivity index (χ0v) is 19.4. The third-order valence-corrected chi connectivity index (χ3v) is 4.58. The lowest BCUT2D eigenvalue weighted by atomic mass is 10.2. The number of azo groups is 1. The van der Waals surface area contributed by atoms with Gasteiger partial charge < -0.3 is 18.9 Å². The van der Waals surface area contributed by atoms with Gasteiger partial charge in [-0.25, -0.2) is 4.42 Å². The smallest absolute Gasteiger partial charge is 0.276 e. The standard InChI is InChI=1S/C22H26ClN3O6/c1-6-31-16-8-10-18(20(13-16)32-7-2)26(23)22(28)21(14(3)27)25-24-17-12-15(29-4)9-11-19(17)30-5/h8-13,21H,6-7H2,1-5H3. The summed E-state index contributed by atoms with van der Waals surface area (Å²) in [4.78, 5) is 25.2. The van der Waals surface area contributed by atoms with Gasteiger partial charge in [0.15, 0.2) is 5.78 Å². The zero-order chi connectivity index (χ0) is 23.7. The molecule has 1 atom stereocenters. The maximum Gasteiger partial charge on any atom is 0.276 e. The second kappa shape index (κ2) is 11.9. The molecule has 10 heteroatoms. The highest BCUT2D eigenvalue weighted by Crippen LogP contribution is 2.35. The van der Waals surface area contributed by atoms with E-state index in [1.165, 1.54) is 21.1 Å². The molecule has 0 aliphatic heterocycles. The minimum absolute atomic E-state index is 0.252. The van der Waals surface area contributed by atoms with Crippen LogP contribution in [0.15, 0.2) is 46.6 Å². The minimum atomic E-state index is -1.47. The maximum atomic E-state index is 13.0. The molecular formula is C22H26ClN3O6. The van der Waals surface area contributed by atoms with Crippen molar-refractivity contribution >= 4 is 34.8 Å². The van der Waals surface area contributed by atoms with Gasteiger partial charge in [-0.3, -0.25) is 9.59 Å². The molecule has 32 heavy (non-hydrogen) atoms. The number of halogens is 1. The fourth-order valence-corrected chi connectivity index (χ4v) is 2.94. The second-order valence-electron chi connectivity index (χ2n) is 6.38. The van der Waals surface area contributed by atoms with Crippen LogP contribution in [0.2, 0.25) is 0 Å². The fraction of sp³-hybridized carbons (Fsp3) is 0.364. The average Bonchev–Trinajstić information content (AvgIpc) is 2.79. The van der Waals surface area contributed by atoms with Crippen LogP contribution in [0.5, 0.6) is 23.0 Å². The molecule has 0 saturated heterocycles. The normalized spacial score (nSPS) is 11.7. The Morgan fingerprint density at radius 3 is 2.25 bits per heavy atom. The summed E-state index contributed by atoms with van der Waals surface area (Å²) in [7, 11) is 2.97. The Kier molecular flexibility index (Phi) is 9.27. The van der Waals surface area contributed by atoms with Gasteiger partial charge in [-0.15, -0.1) is 0 Å². The van der Waals surface area contributed by atoms with Gasteiger partial charge in [-0.1, -0.05) is 0 Å². The zero-order valence-electron chi connectivity index (χ0n) is 18.6. The van der Waals surface area contributed by atoms with Gasteiger partial charge in [0, 0.05) is 23.9 Å².